The van der Waals surface area contributed by atoms with Crippen LogP contribution in [0.25, 0.3) is 0 Å². The second-order valence-electron chi connectivity index (χ2n) is 7.18. The Hall–Kier alpha value is -1.79. The summed E-state index contributed by atoms with van der Waals surface area (Å²) >= 11 is 1.55. The Kier molecular flexibility index (Phi) is 4.56. The van der Waals surface area contributed by atoms with Crippen LogP contribution < -0.4 is 5.73 Å². The van der Waals surface area contributed by atoms with Crippen molar-refractivity contribution in [3.8, 4) is 0 Å². The predicted octanol–water partition coefficient (Wildman–Crippen LogP) is 2.61. The van der Waals surface area contributed by atoms with E-state index in [1.165, 1.54) is 12.1 Å². The second kappa shape index (κ2) is 6.84. The maximum atomic E-state index is 13.0. The molecule has 0 spiro atoms. The Balaban J connectivity index is 1.35. The summed E-state index contributed by atoms with van der Waals surface area (Å²) in [6.07, 6.45) is 3.26. The lowest BCUT2D eigenvalue weighted by molar-refractivity contribution is -0.129. The molecule has 1 aromatic heterocycles. The Bertz CT molecular complexity index is 760. The van der Waals surface area contributed by atoms with Gasteiger partial charge in [0, 0.05) is 30.9 Å². The fraction of sp³-hybridized carbons (Fsp3) is 0.474. The van der Waals surface area contributed by atoms with Crippen LogP contribution in [0.5, 0.6) is 0 Å². The van der Waals surface area contributed by atoms with Gasteiger partial charge in [0.05, 0.1) is 17.1 Å². The molecule has 3 atom stereocenters. The predicted molar refractivity (Wildman–Crippen MR) is 95.8 cm³/mol. The molecule has 1 amide bonds. The van der Waals surface area contributed by atoms with E-state index in [1.807, 2.05) is 10.3 Å². The summed E-state index contributed by atoms with van der Waals surface area (Å²) in [6, 6.07) is 6.72. The fourth-order valence-corrected chi connectivity index (χ4v) is 4.89. The zero-order chi connectivity index (χ0) is 17.4. The molecule has 1 aliphatic heterocycles. The molecule has 4 nitrogen and oxygen atoms in total. The van der Waals surface area contributed by atoms with Crippen molar-refractivity contribution >= 4 is 17.2 Å². The number of hydrogen-bond acceptors (Lipinski definition) is 4. The first-order chi connectivity index (χ1) is 12.1. The summed E-state index contributed by atoms with van der Waals surface area (Å²) in [7, 11) is 0. The largest absolute Gasteiger partial charge is 0.342 e. The second-order valence-corrected chi connectivity index (χ2v) is 8.12. The van der Waals surface area contributed by atoms with Gasteiger partial charge in [-0.1, -0.05) is 12.1 Å². The maximum absolute atomic E-state index is 13.0. The third-order valence-electron chi connectivity index (χ3n) is 5.47. The fourth-order valence-electron chi connectivity index (χ4n) is 4.07. The standard InChI is InChI=1S/C19H22FN3OS/c20-14-4-1-12(2-5-14)7-18-22-15(11-25-18)8-19(24)23-9-13-3-6-17(21)16(13)10-23/h1-2,4-5,11,13,16-17H,3,6-10,21H2. The SMILES string of the molecule is NC1CCC2CN(C(=O)Cc3csc(Cc4ccc(F)cc4)n3)CC12. The molecule has 1 saturated heterocycles. The van der Waals surface area contributed by atoms with Crippen molar-refractivity contribution in [2.45, 2.75) is 31.7 Å². The molecule has 1 saturated carbocycles. The van der Waals surface area contributed by atoms with Gasteiger partial charge < -0.3 is 10.6 Å². The summed E-state index contributed by atoms with van der Waals surface area (Å²) in [6.45, 7) is 1.65. The van der Waals surface area contributed by atoms with E-state index < -0.39 is 0 Å². The molecule has 2 fully saturated rings. The molecule has 4 rings (SSSR count). The van der Waals surface area contributed by atoms with E-state index in [0.29, 0.717) is 24.7 Å². The number of benzene rings is 1. The highest BCUT2D eigenvalue weighted by molar-refractivity contribution is 7.09. The smallest absolute Gasteiger partial charge is 0.228 e. The van der Waals surface area contributed by atoms with Crippen LogP contribution >= 0.6 is 11.3 Å². The number of carbonyl (C=O) groups excluding carboxylic acids is 1. The average molecular weight is 359 g/mol. The molecule has 2 heterocycles. The lowest BCUT2D eigenvalue weighted by atomic mass is 9.98. The summed E-state index contributed by atoms with van der Waals surface area (Å²) in [4.78, 5) is 19.1. The van der Waals surface area contributed by atoms with E-state index >= 15 is 0 Å². The minimum absolute atomic E-state index is 0.153. The number of nitrogens with zero attached hydrogens (tertiary/aromatic N) is 2. The molecule has 3 unspecified atom stereocenters. The van der Waals surface area contributed by atoms with Crippen LogP contribution in [0.2, 0.25) is 0 Å². The average Bonchev–Trinajstić information content (AvgIpc) is 3.28. The molecular formula is C19H22FN3OS. The van der Waals surface area contributed by atoms with Gasteiger partial charge in [-0.05, 0) is 42.4 Å². The third kappa shape index (κ3) is 3.60. The van der Waals surface area contributed by atoms with Crippen molar-refractivity contribution in [2.24, 2.45) is 17.6 Å². The first-order valence-corrected chi connectivity index (χ1v) is 9.67. The van der Waals surface area contributed by atoms with Gasteiger partial charge in [-0.3, -0.25) is 4.79 Å². The van der Waals surface area contributed by atoms with Gasteiger partial charge in [-0.25, -0.2) is 9.37 Å². The van der Waals surface area contributed by atoms with Crippen molar-refractivity contribution < 1.29 is 9.18 Å². The van der Waals surface area contributed by atoms with E-state index in [-0.39, 0.29) is 17.8 Å². The summed E-state index contributed by atoms with van der Waals surface area (Å²) < 4.78 is 13.0. The minimum Gasteiger partial charge on any atom is -0.342 e. The summed E-state index contributed by atoms with van der Waals surface area (Å²) in [5.41, 5.74) is 8.00. The highest BCUT2D eigenvalue weighted by atomic mass is 32.1. The molecule has 1 aromatic carbocycles. The first kappa shape index (κ1) is 16.7. The number of rotatable bonds is 4. The zero-order valence-corrected chi connectivity index (χ0v) is 14.8. The van der Waals surface area contributed by atoms with Gasteiger partial charge >= 0.3 is 0 Å². The van der Waals surface area contributed by atoms with Gasteiger partial charge in [-0.15, -0.1) is 11.3 Å². The van der Waals surface area contributed by atoms with Gasteiger partial charge in [0.25, 0.3) is 0 Å². The highest BCUT2D eigenvalue weighted by Gasteiger charge is 2.42. The molecule has 132 valence electrons. The van der Waals surface area contributed by atoms with Crippen molar-refractivity contribution in [3.05, 3.63) is 51.7 Å². The normalized spacial score (nSPS) is 25.4. The number of aromatic nitrogens is 1. The lowest BCUT2D eigenvalue weighted by Gasteiger charge is -2.18. The molecule has 0 bridgehead atoms. The van der Waals surface area contributed by atoms with E-state index in [9.17, 15) is 9.18 Å². The number of fused-ring (bicyclic) bond motifs is 1. The number of hydrogen-bond donors (Lipinski definition) is 1. The zero-order valence-electron chi connectivity index (χ0n) is 14.0. The number of nitrogens with two attached hydrogens (primary N) is 1. The lowest BCUT2D eigenvalue weighted by Crippen LogP contribution is -2.34. The Morgan fingerprint density at radius 1 is 1.28 bits per heavy atom. The highest BCUT2D eigenvalue weighted by Crippen LogP contribution is 2.37. The molecule has 0 radical (unpaired) electrons. The first-order valence-electron chi connectivity index (χ1n) is 8.79. The van der Waals surface area contributed by atoms with Crippen molar-refractivity contribution in [2.75, 3.05) is 13.1 Å². The van der Waals surface area contributed by atoms with Crippen LogP contribution in [-0.2, 0) is 17.6 Å². The van der Waals surface area contributed by atoms with Crippen LogP contribution in [0.15, 0.2) is 29.6 Å². The van der Waals surface area contributed by atoms with Gasteiger partial charge in [0.15, 0.2) is 0 Å². The van der Waals surface area contributed by atoms with E-state index in [4.69, 9.17) is 5.73 Å². The van der Waals surface area contributed by atoms with Gasteiger partial charge in [-0.2, -0.15) is 0 Å². The Labute approximate surface area is 150 Å². The Morgan fingerprint density at radius 2 is 2.08 bits per heavy atom. The van der Waals surface area contributed by atoms with Crippen LogP contribution in [0.4, 0.5) is 4.39 Å². The molecule has 1 aliphatic carbocycles. The Morgan fingerprint density at radius 3 is 2.84 bits per heavy atom. The summed E-state index contributed by atoms with van der Waals surface area (Å²) in [5, 5.41) is 2.91. The summed E-state index contributed by atoms with van der Waals surface area (Å²) in [5.74, 6) is 0.987. The van der Waals surface area contributed by atoms with Crippen molar-refractivity contribution in [1.29, 1.82) is 0 Å². The molecule has 2 aliphatic rings. The number of amides is 1. The number of likely N-dealkylation sites (tertiary alicyclic amines) is 1. The third-order valence-corrected chi connectivity index (χ3v) is 6.36. The van der Waals surface area contributed by atoms with E-state index in [0.717, 1.165) is 42.2 Å². The van der Waals surface area contributed by atoms with E-state index in [1.54, 1.807) is 23.5 Å². The van der Waals surface area contributed by atoms with Gasteiger partial charge in [0.2, 0.25) is 5.91 Å². The molecular weight excluding hydrogens is 337 g/mol. The van der Waals surface area contributed by atoms with Crippen molar-refractivity contribution in [3.63, 3.8) is 0 Å². The van der Waals surface area contributed by atoms with E-state index in [2.05, 4.69) is 4.98 Å². The topological polar surface area (TPSA) is 59.2 Å². The van der Waals surface area contributed by atoms with Crippen LogP contribution in [0.3, 0.4) is 0 Å². The monoisotopic (exact) mass is 359 g/mol. The molecule has 2 N–H and O–H groups in total. The molecule has 25 heavy (non-hydrogen) atoms. The quantitative estimate of drug-likeness (QED) is 0.913. The van der Waals surface area contributed by atoms with Crippen LogP contribution in [0, 0.1) is 17.7 Å². The van der Waals surface area contributed by atoms with Crippen molar-refractivity contribution in [1.82, 2.24) is 9.88 Å². The van der Waals surface area contributed by atoms with Crippen LogP contribution in [0.1, 0.15) is 29.1 Å². The number of halogens is 1. The molecule has 2 aromatic rings. The van der Waals surface area contributed by atoms with Gasteiger partial charge in [0.1, 0.15) is 5.82 Å². The minimum atomic E-state index is -0.232. The number of thiazole rings is 1. The molecule has 6 heteroatoms. The number of carbonyl (C=O) groups is 1. The van der Waals surface area contributed by atoms with Crippen LogP contribution in [-0.4, -0.2) is 34.9 Å². The maximum Gasteiger partial charge on any atom is 0.228 e.